The highest BCUT2D eigenvalue weighted by molar-refractivity contribution is 5.74. The van der Waals surface area contributed by atoms with E-state index in [4.69, 9.17) is 5.21 Å². The van der Waals surface area contributed by atoms with Crippen LogP contribution in [0, 0.1) is 0 Å². The molecule has 1 aromatic carbocycles. The van der Waals surface area contributed by atoms with Crippen molar-refractivity contribution in [2.75, 3.05) is 0 Å². The summed E-state index contributed by atoms with van der Waals surface area (Å²) in [6.07, 6.45) is 4.87. The number of aromatic nitrogens is 3. The molecular weight excluding hydrogens is 256 g/mol. The Labute approximate surface area is 117 Å². The Morgan fingerprint density at radius 1 is 1.20 bits per heavy atom. The quantitative estimate of drug-likeness (QED) is 0.460. The minimum atomic E-state index is -0.336. The Morgan fingerprint density at radius 3 is 2.75 bits per heavy atom. The van der Waals surface area contributed by atoms with Gasteiger partial charge in [-0.2, -0.15) is 0 Å². The molecule has 0 aliphatic carbocycles. The van der Waals surface area contributed by atoms with Gasteiger partial charge in [-0.1, -0.05) is 42.0 Å². The molecule has 0 spiro atoms. The van der Waals surface area contributed by atoms with Crippen molar-refractivity contribution in [2.45, 2.75) is 32.2 Å². The first-order valence-electron chi connectivity index (χ1n) is 6.68. The van der Waals surface area contributed by atoms with Crippen LogP contribution < -0.4 is 5.48 Å². The monoisotopic (exact) mass is 274 g/mol. The van der Waals surface area contributed by atoms with Crippen LogP contribution in [0.1, 0.15) is 25.7 Å². The molecule has 0 unspecified atom stereocenters. The minimum absolute atomic E-state index is 0.336. The van der Waals surface area contributed by atoms with E-state index in [1.165, 1.54) is 0 Å². The molecule has 20 heavy (non-hydrogen) atoms. The maximum absolute atomic E-state index is 10.8. The van der Waals surface area contributed by atoms with Crippen LogP contribution in [0.25, 0.3) is 11.3 Å². The van der Waals surface area contributed by atoms with Crippen molar-refractivity contribution in [2.24, 2.45) is 0 Å². The van der Waals surface area contributed by atoms with Gasteiger partial charge in [0.25, 0.3) is 0 Å². The molecule has 0 fully saturated rings. The first-order chi connectivity index (χ1) is 9.79. The molecule has 6 nitrogen and oxygen atoms in total. The highest BCUT2D eigenvalue weighted by Gasteiger charge is 2.03. The third-order valence-corrected chi connectivity index (χ3v) is 3.02. The summed E-state index contributed by atoms with van der Waals surface area (Å²) in [5.74, 6) is -0.336. The van der Waals surface area contributed by atoms with Crippen LogP contribution in [0.3, 0.4) is 0 Å². The number of hydrogen-bond acceptors (Lipinski definition) is 4. The van der Waals surface area contributed by atoms with Crippen molar-refractivity contribution in [3.8, 4) is 11.3 Å². The maximum Gasteiger partial charge on any atom is 0.243 e. The zero-order valence-corrected chi connectivity index (χ0v) is 11.2. The van der Waals surface area contributed by atoms with Crippen LogP contribution in [0.15, 0.2) is 36.5 Å². The highest BCUT2D eigenvalue weighted by atomic mass is 16.5. The molecule has 2 aromatic rings. The van der Waals surface area contributed by atoms with Crippen LogP contribution >= 0.6 is 0 Å². The largest absolute Gasteiger partial charge is 0.289 e. The third kappa shape index (κ3) is 4.17. The molecule has 2 rings (SSSR count). The van der Waals surface area contributed by atoms with Crippen LogP contribution in [0.5, 0.6) is 0 Å². The van der Waals surface area contributed by atoms with Gasteiger partial charge < -0.3 is 0 Å². The summed E-state index contributed by atoms with van der Waals surface area (Å²) in [5.41, 5.74) is 3.55. The number of nitrogens with one attached hydrogen (secondary N) is 1. The minimum Gasteiger partial charge on any atom is -0.289 e. The lowest BCUT2D eigenvalue weighted by Crippen LogP contribution is -2.17. The molecule has 0 atom stereocenters. The Kier molecular flexibility index (Phi) is 5.25. The van der Waals surface area contributed by atoms with E-state index < -0.39 is 0 Å². The van der Waals surface area contributed by atoms with Crippen molar-refractivity contribution in [1.82, 2.24) is 20.5 Å². The van der Waals surface area contributed by atoms with E-state index in [0.717, 1.165) is 37.1 Å². The molecule has 0 saturated heterocycles. The molecule has 6 heteroatoms. The van der Waals surface area contributed by atoms with E-state index in [0.29, 0.717) is 6.42 Å². The van der Waals surface area contributed by atoms with Crippen LogP contribution in [-0.4, -0.2) is 26.1 Å². The van der Waals surface area contributed by atoms with Crippen molar-refractivity contribution in [1.29, 1.82) is 0 Å². The summed E-state index contributed by atoms with van der Waals surface area (Å²) in [4.78, 5) is 10.8. The summed E-state index contributed by atoms with van der Waals surface area (Å²) in [6.45, 7) is 0.778. The fraction of sp³-hybridized carbons (Fsp3) is 0.357. The van der Waals surface area contributed by atoms with Crippen molar-refractivity contribution in [3.05, 3.63) is 36.5 Å². The molecule has 0 aliphatic rings. The van der Waals surface area contributed by atoms with Crippen molar-refractivity contribution < 1.29 is 10.0 Å². The lowest BCUT2D eigenvalue weighted by atomic mass is 10.2. The van der Waals surface area contributed by atoms with Gasteiger partial charge in [-0.05, 0) is 12.8 Å². The standard InChI is InChI=1S/C14H18N4O2/c19-14(16-20)9-5-2-6-10-18-11-13(15-17-18)12-7-3-1-4-8-12/h1,3-4,7-8,11,20H,2,5-6,9-10H2,(H,16,19). The lowest BCUT2D eigenvalue weighted by molar-refractivity contribution is -0.129. The van der Waals surface area contributed by atoms with E-state index in [-0.39, 0.29) is 5.91 Å². The van der Waals surface area contributed by atoms with Gasteiger partial charge in [-0.25, -0.2) is 5.48 Å². The average Bonchev–Trinajstić information content (AvgIpc) is 2.96. The normalized spacial score (nSPS) is 10.4. The van der Waals surface area contributed by atoms with Crippen molar-refractivity contribution in [3.63, 3.8) is 0 Å². The average molecular weight is 274 g/mol. The molecule has 1 aromatic heterocycles. The van der Waals surface area contributed by atoms with E-state index >= 15 is 0 Å². The van der Waals surface area contributed by atoms with Gasteiger partial charge in [0.1, 0.15) is 5.69 Å². The number of carbonyl (C=O) groups is 1. The second kappa shape index (κ2) is 7.40. The van der Waals surface area contributed by atoms with Gasteiger partial charge in [0, 0.05) is 18.5 Å². The number of hydrogen-bond donors (Lipinski definition) is 2. The summed E-state index contributed by atoms with van der Waals surface area (Å²) in [5, 5.41) is 16.6. The predicted octanol–water partition coefficient (Wildman–Crippen LogP) is 2.01. The number of nitrogens with zero attached hydrogens (tertiary/aromatic N) is 3. The molecule has 0 saturated carbocycles. The number of rotatable bonds is 7. The van der Waals surface area contributed by atoms with E-state index in [2.05, 4.69) is 10.3 Å². The van der Waals surface area contributed by atoms with Crippen LogP contribution in [0.4, 0.5) is 0 Å². The van der Waals surface area contributed by atoms with Gasteiger partial charge in [-0.15, -0.1) is 5.10 Å². The lowest BCUT2D eigenvalue weighted by Gasteiger charge is -2.00. The van der Waals surface area contributed by atoms with Gasteiger partial charge in [-0.3, -0.25) is 14.7 Å². The summed E-state index contributed by atoms with van der Waals surface area (Å²) in [6, 6.07) is 9.92. The topological polar surface area (TPSA) is 80.0 Å². The Hall–Kier alpha value is -2.21. The second-order valence-corrected chi connectivity index (χ2v) is 4.58. The fourth-order valence-corrected chi connectivity index (χ4v) is 1.94. The number of carbonyl (C=O) groups excluding carboxylic acids is 1. The number of aryl methyl sites for hydroxylation is 1. The Morgan fingerprint density at radius 2 is 2.00 bits per heavy atom. The maximum atomic E-state index is 10.8. The first-order valence-corrected chi connectivity index (χ1v) is 6.68. The predicted molar refractivity (Wildman–Crippen MR) is 73.9 cm³/mol. The zero-order valence-electron chi connectivity index (χ0n) is 11.2. The Balaban J connectivity index is 1.75. The highest BCUT2D eigenvalue weighted by Crippen LogP contribution is 2.15. The molecule has 1 heterocycles. The fourth-order valence-electron chi connectivity index (χ4n) is 1.94. The summed E-state index contributed by atoms with van der Waals surface area (Å²) >= 11 is 0. The smallest absolute Gasteiger partial charge is 0.243 e. The second-order valence-electron chi connectivity index (χ2n) is 4.58. The zero-order chi connectivity index (χ0) is 14.2. The number of hydroxylamine groups is 1. The van der Waals surface area contributed by atoms with E-state index in [1.807, 2.05) is 41.2 Å². The van der Waals surface area contributed by atoms with Crippen molar-refractivity contribution >= 4 is 5.91 Å². The molecule has 0 bridgehead atoms. The summed E-state index contributed by atoms with van der Waals surface area (Å²) in [7, 11) is 0. The van der Waals surface area contributed by atoms with E-state index in [1.54, 1.807) is 5.48 Å². The molecule has 2 N–H and O–H groups in total. The van der Waals surface area contributed by atoms with Crippen LogP contribution in [-0.2, 0) is 11.3 Å². The van der Waals surface area contributed by atoms with Gasteiger partial charge in [0.15, 0.2) is 0 Å². The third-order valence-electron chi connectivity index (χ3n) is 3.02. The molecule has 0 aliphatic heterocycles. The van der Waals surface area contributed by atoms with Gasteiger partial charge in [0.2, 0.25) is 5.91 Å². The van der Waals surface area contributed by atoms with E-state index in [9.17, 15) is 4.79 Å². The Bertz CT molecular complexity index is 539. The summed E-state index contributed by atoms with van der Waals surface area (Å²) < 4.78 is 1.81. The molecule has 106 valence electrons. The van der Waals surface area contributed by atoms with Gasteiger partial charge >= 0.3 is 0 Å². The van der Waals surface area contributed by atoms with Crippen LogP contribution in [0.2, 0.25) is 0 Å². The molecular formula is C14H18N4O2. The number of amides is 1. The molecule has 0 radical (unpaired) electrons. The van der Waals surface area contributed by atoms with Gasteiger partial charge in [0.05, 0.1) is 6.20 Å². The SMILES string of the molecule is O=C(CCCCCn1cc(-c2ccccc2)nn1)NO. The molecule has 1 amide bonds. The first kappa shape index (κ1) is 14.2. The number of benzene rings is 1. The number of unbranched alkanes of at least 4 members (excludes halogenated alkanes) is 2.